The standard InChI is InChI=1S/C9H12N2O/c1-3-11-5-4-7(2)8(6-10)9(11)12/h3-5H2,1-2H3. The third kappa shape index (κ3) is 1.33. The van der Waals surface area contributed by atoms with Crippen molar-refractivity contribution in [2.45, 2.75) is 20.3 Å². The van der Waals surface area contributed by atoms with Gasteiger partial charge in [-0.25, -0.2) is 0 Å². The van der Waals surface area contributed by atoms with Gasteiger partial charge in [-0.3, -0.25) is 4.79 Å². The number of hydrogen-bond acceptors (Lipinski definition) is 2. The first-order valence-electron chi connectivity index (χ1n) is 4.09. The first-order valence-corrected chi connectivity index (χ1v) is 4.09. The van der Waals surface area contributed by atoms with Gasteiger partial charge >= 0.3 is 0 Å². The summed E-state index contributed by atoms with van der Waals surface area (Å²) in [7, 11) is 0. The highest BCUT2D eigenvalue weighted by Crippen LogP contribution is 2.17. The number of carbonyl (C=O) groups is 1. The van der Waals surface area contributed by atoms with Gasteiger partial charge in [-0.15, -0.1) is 0 Å². The largest absolute Gasteiger partial charge is 0.338 e. The molecule has 0 atom stereocenters. The van der Waals surface area contributed by atoms with Gasteiger partial charge < -0.3 is 4.90 Å². The molecule has 0 aromatic carbocycles. The van der Waals surface area contributed by atoms with E-state index in [1.807, 2.05) is 19.9 Å². The predicted molar refractivity (Wildman–Crippen MR) is 45.2 cm³/mol. The first-order chi connectivity index (χ1) is 5.70. The summed E-state index contributed by atoms with van der Waals surface area (Å²) in [5, 5.41) is 8.69. The number of nitriles is 1. The lowest BCUT2D eigenvalue weighted by Crippen LogP contribution is -2.36. The smallest absolute Gasteiger partial charge is 0.264 e. The number of rotatable bonds is 1. The van der Waals surface area contributed by atoms with E-state index in [4.69, 9.17) is 5.26 Å². The first kappa shape index (κ1) is 8.79. The van der Waals surface area contributed by atoms with E-state index in [1.54, 1.807) is 4.90 Å². The monoisotopic (exact) mass is 164 g/mol. The Bertz CT molecular complexity index is 273. The van der Waals surface area contributed by atoms with Gasteiger partial charge in [0, 0.05) is 13.1 Å². The van der Waals surface area contributed by atoms with Gasteiger partial charge in [0.15, 0.2) is 0 Å². The van der Waals surface area contributed by atoms with Gasteiger partial charge in [0.2, 0.25) is 0 Å². The summed E-state index contributed by atoms with van der Waals surface area (Å²) in [5.41, 5.74) is 1.26. The minimum Gasteiger partial charge on any atom is -0.338 e. The highest BCUT2D eigenvalue weighted by atomic mass is 16.2. The Balaban J connectivity index is 2.94. The molecule has 0 bridgehead atoms. The molecule has 12 heavy (non-hydrogen) atoms. The summed E-state index contributed by atoms with van der Waals surface area (Å²) < 4.78 is 0. The SMILES string of the molecule is CCN1CCC(C)=C(C#N)C1=O. The fourth-order valence-corrected chi connectivity index (χ4v) is 1.31. The summed E-state index contributed by atoms with van der Waals surface area (Å²) in [6.45, 7) is 5.22. The Hall–Kier alpha value is -1.30. The number of nitrogens with zero attached hydrogens (tertiary/aromatic N) is 2. The van der Waals surface area contributed by atoms with Crippen LogP contribution in [0.3, 0.4) is 0 Å². The maximum absolute atomic E-state index is 11.4. The molecule has 0 fully saturated rings. The van der Waals surface area contributed by atoms with Gasteiger partial charge in [0.1, 0.15) is 11.6 Å². The minimum atomic E-state index is -0.108. The predicted octanol–water partition coefficient (Wildman–Crippen LogP) is 1.08. The number of likely N-dealkylation sites (N-methyl/N-ethyl adjacent to an activating group) is 1. The molecule has 1 aliphatic heterocycles. The van der Waals surface area contributed by atoms with Crippen molar-refractivity contribution in [1.29, 1.82) is 5.26 Å². The van der Waals surface area contributed by atoms with Crippen molar-refractivity contribution < 1.29 is 4.79 Å². The third-order valence-electron chi connectivity index (χ3n) is 2.18. The van der Waals surface area contributed by atoms with E-state index in [0.29, 0.717) is 12.1 Å². The zero-order chi connectivity index (χ0) is 9.14. The average Bonchev–Trinajstić information content (AvgIpc) is 2.06. The van der Waals surface area contributed by atoms with Crippen LogP contribution < -0.4 is 0 Å². The van der Waals surface area contributed by atoms with E-state index in [0.717, 1.165) is 18.5 Å². The van der Waals surface area contributed by atoms with Crippen molar-refractivity contribution in [2.24, 2.45) is 0 Å². The van der Waals surface area contributed by atoms with Crippen LogP contribution in [-0.2, 0) is 4.79 Å². The molecule has 0 aromatic heterocycles. The second kappa shape index (κ2) is 3.40. The number of carbonyl (C=O) groups excluding carboxylic acids is 1. The van der Waals surface area contributed by atoms with Crippen LogP contribution in [0.5, 0.6) is 0 Å². The van der Waals surface area contributed by atoms with Crippen molar-refractivity contribution in [3.05, 3.63) is 11.1 Å². The Morgan fingerprint density at radius 2 is 2.33 bits per heavy atom. The van der Waals surface area contributed by atoms with Crippen LogP contribution in [0.2, 0.25) is 0 Å². The highest BCUT2D eigenvalue weighted by molar-refractivity contribution is 5.98. The molecule has 0 spiro atoms. The van der Waals surface area contributed by atoms with Crippen LogP contribution in [0.25, 0.3) is 0 Å². The van der Waals surface area contributed by atoms with Crippen molar-refractivity contribution in [2.75, 3.05) is 13.1 Å². The van der Waals surface area contributed by atoms with Crippen LogP contribution in [0.15, 0.2) is 11.1 Å². The minimum absolute atomic E-state index is 0.108. The van der Waals surface area contributed by atoms with Crippen LogP contribution in [0.1, 0.15) is 20.3 Å². The van der Waals surface area contributed by atoms with E-state index in [1.165, 1.54) is 0 Å². The fourth-order valence-electron chi connectivity index (χ4n) is 1.31. The fraction of sp³-hybridized carbons (Fsp3) is 0.556. The van der Waals surface area contributed by atoms with E-state index in [9.17, 15) is 4.79 Å². The van der Waals surface area contributed by atoms with E-state index in [-0.39, 0.29) is 5.91 Å². The van der Waals surface area contributed by atoms with E-state index < -0.39 is 0 Å². The van der Waals surface area contributed by atoms with Crippen molar-refractivity contribution >= 4 is 5.91 Å². The number of amides is 1. The molecule has 0 saturated heterocycles. The molecular formula is C9H12N2O. The summed E-state index contributed by atoms with van der Waals surface area (Å²) in [5.74, 6) is -0.108. The van der Waals surface area contributed by atoms with Gasteiger partial charge in [0.25, 0.3) is 5.91 Å². The topological polar surface area (TPSA) is 44.1 Å². The van der Waals surface area contributed by atoms with Gasteiger partial charge in [-0.2, -0.15) is 5.26 Å². The molecule has 0 saturated carbocycles. The second-order valence-corrected chi connectivity index (χ2v) is 2.90. The van der Waals surface area contributed by atoms with Gasteiger partial charge in [-0.1, -0.05) is 0 Å². The average molecular weight is 164 g/mol. The molecule has 1 heterocycles. The lowest BCUT2D eigenvalue weighted by Gasteiger charge is -2.25. The van der Waals surface area contributed by atoms with Gasteiger partial charge in [-0.05, 0) is 25.8 Å². The number of hydrogen-bond donors (Lipinski definition) is 0. The van der Waals surface area contributed by atoms with Crippen molar-refractivity contribution in [1.82, 2.24) is 4.90 Å². The maximum atomic E-state index is 11.4. The maximum Gasteiger partial charge on any atom is 0.264 e. The lowest BCUT2D eigenvalue weighted by molar-refractivity contribution is -0.127. The van der Waals surface area contributed by atoms with Crippen molar-refractivity contribution in [3.8, 4) is 6.07 Å². The summed E-state index contributed by atoms with van der Waals surface area (Å²) >= 11 is 0. The zero-order valence-corrected chi connectivity index (χ0v) is 7.42. The van der Waals surface area contributed by atoms with E-state index in [2.05, 4.69) is 0 Å². The Labute approximate surface area is 72.3 Å². The molecule has 0 aromatic rings. The molecule has 1 rings (SSSR count). The Kier molecular flexibility index (Phi) is 2.49. The molecule has 1 amide bonds. The zero-order valence-electron chi connectivity index (χ0n) is 7.42. The van der Waals surface area contributed by atoms with Crippen LogP contribution >= 0.6 is 0 Å². The molecule has 0 unspecified atom stereocenters. The highest BCUT2D eigenvalue weighted by Gasteiger charge is 2.23. The second-order valence-electron chi connectivity index (χ2n) is 2.90. The van der Waals surface area contributed by atoms with Crippen molar-refractivity contribution in [3.63, 3.8) is 0 Å². The quantitative estimate of drug-likeness (QED) is 0.582. The van der Waals surface area contributed by atoms with Gasteiger partial charge in [0.05, 0.1) is 0 Å². The normalized spacial score (nSPS) is 18.1. The molecule has 1 aliphatic rings. The summed E-state index contributed by atoms with van der Waals surface area (Å²) in [6.07, 6.45) is 0.836. The molecular weight excluding hydrogens is 152 g/mol. The molecule has 0 radical (unpaired) electrons. The lowest BCUT2D eigenvalue weighted by atomic mass is 10.0. The van der Waals surface area contributed by atoms with Crippen LogP contribution in [-0.4, -0.2) is 23.9 Å². The third-order valence-corrected chi connectivity index (χ3v) is 2.18. The Morgan fingerprint density at radius 1 is 1.67 bits per heavy atom. The Morgan fingerprint density at radius 3 is 2.83 bits per heavy atom. The summed E-state index contributed by atoms with van der Waals surface area (Å²) in [6, 6.07) is 1.96. The molecule has 64 valence electrons. The van der Waals surface area contributed by atoms with Crippen LogP contribution in [0.4, 0.5) is 0 Å². The van der Waals surface area contributed by atoms with E-state index >= 15 is 0 Å². The molecule has 3 heteroatoms. The summed E-state index contributed by atoms with van der Waals surface area (Å²) in [4.78, 5) is 13.1. The van der Waals surface area contributed by atoms with Crippen LogP contribution in [0, 0.1) is 11.3 Å². The molecule has 0 aliphatic carbocycles. The molecule has 3 nitrogen and oxygen atoms in total. The molecule has 0 N–H and O–H groups in total.